The molecule has 2 N–H and O–H groups in total. The Kier molecular flexibility index (Phi) is 23.7. The van der Waals surface area contributed by atoms with Crippen LogP contribution in [0.5, 0.6) is 0 Å². The normalized spacial score (nSPS) is 10.0. The van der Waals surface area contributed by atoms with E-state index < -0.39 is 0 Å². The van der Waals surface area contributed by atoms with E-state index in [0.29, 0.717) is 5.54 Å². The molecular weight excluding hydrogens is 292 g/mol. The van der Waals surface area contributed by atoms with Gasteiger partial charge in [0.15, 0.2) is 0 Å². The van der Waals surface area contributed by atoms with Crippen LogP contribution >= 0.6 is 0 Å². The van der Waals surface area contributed by atoms with Gasteiger partial charge in [-0.05, 0) is 66.8 Å². The lowest BCUT2D eigenvalue weighted by Crippen LogP contribution is -2.36. The first kappa shape index (κ1) is 28.1. The standard InChI is InChI=1S/C8H19N.C7H15N.C7H14/c1-5-6-7-9-8(2,3)4;1-4-5-6-8-7(2)3;1-4-5-6-7(2)3/h9H,5-7H2,1-4H3;8H,2,4-6H2,1,3H3;2,4-6H2,1,3H3. The zero-order valence-corrected chi connectivity index (χ0v) is 18.3. The minimum Gasteiger partial charge on any atom is -0.389 e. The van der Waals surface area contributed by atoms with Crippen LogP contribution in [-0.4, -0.2) is 18.6 Å². The van der Waals surface area contributed by atoms with Crippen LogP contribution in [0, 0.1) is 0 Å². The molecule has 0 rings (SSSR count). The van der Waals surface area contributed by atoms with E-state index in [-0.39, 0.29) is 0 Å². The van der Waals surface area contributed by atoms with E-state index in [1.54, 1.807) is 0 Å². The maximum Gasteiger partial charge on any atom is 0.0143 e. The van der Waals surface area contributed by atoms with E-state index >= 15 is 0 Å². The molecule has 0 bridgehead atoms. The molecule has 0 aromatic carbocycles. The Morgan fingerprint density at radius 2 is 1.25 bits per heavy atom. The minimum atomic E-state index is 0.301. The highest BCUT2D eigenvalue weighted by atomic mass is 14.9. The Bertz CT molecular complexity index is 274. The van der Waals surface area contributed by atoms with Gasteiger partial charge in [0.2, 0.25) is 0 Å². The minimum absolute atomic E-state index is 0.301. The number of nitrogens with one attached hydrogen (secondary N) is 2. The molecule has 0 amide bonds. The smallest absolute Gasteiger partial charge is 0.0143 e. The third-order valence-corrected chi connectivity index (χ3v) is 3.10. The summed E-state index contributed by atoms with van der Waals surface area (Å²) in [5.41, 5.74) is 2.68. The van der Waals surface area contributed by atoms with Crippen molar-refractivity contribution < 1.29 is 0 Å². The van der Waals surface area contributed by atoms with Crippen LogP contribution < -0.4 is 10.6 Å². The third kappa shape index (κ3) is 42.9. The van der Waals surface area contributed by atoms with Crippen molar-refractivity contribution in [2.45, 2.75) is 106 Å². The van der Waals surface area contributed by atoms with Gasteiger partial charge in [-0.15, -0.1) is 6.58 Å². The molecule has 0 aliphatic heterocycles. The number of hydrogen-bond donors (Lipinski definition) is 2. The largest absolute Gasteiger partial charge is 0.389 e. The second-order valence-corrected chi connectivity index (χ2v) is 7.65. The summed E-state index contributed by atoms with van der Waals surface area (Å²) in [6.07, 6.45) is 8.85. The van der Waals surface area contributed by atoms with Crippen molar-refractivity contribution in [1.29, 1.82) is 0 Å². The summed E-state index contributed by atoms with van der Waals surface area (Å²) in [4.78, 5) is 0. The molecule has 0 heterocycles. The average molecular weight is 341 g/mol. The molecule has 0 atom stereocenters. The van der Waals surface area contributed by atoms with Crippen LogP contribution in [0.2, 0.25) is 0 Å². The number of allylic oxidation sites excluding steroid dienone is 2. The summed E-state index contributed by atoms with van der Waals surface area (Å²) in [6.45, 7) is 27.0. The molecule has 2 heteroatoms. The molecular formula is C22H48N2. The molecule has 24 heavy (non-hydrogen) atoms. The van der Waals surface area contributed by atoms with Crippen molar-refractivity contribution in [3.8, 4) is 0 Å². The van der Waals surface area contributed by atoms with Gasteiger partial charge in [-0.1, -0.05) is 52.2 Å². The fourth-order valence-corrected chi connectivity index (χ4v) is 1.60. The van der Waals surface area contributed by atoms with Gasteiger partial charge in [-0.2, -0.15) is 0 Å². The molecule has 0 aromatic heterocycles. The first-order chi connectivity index (χ1) is 11.1. The van der Waals surface area contributed by atoms with Gasteiger partial charge in [0.1, 0.15) is 0 Å². The molecule has 0 spiro atoms. The molecule has 0 fully saturated rings. The van der Waals surface area contributed by atoms with Crippen molar-refractivity contribution in [3.05, 3.63) is 24.4 Å². The van der Waals surface area contributed by atoms with E-state index in [0.717, 1.165) is 18.8 Å². The highest BCUT2D eigenvalue weighted by Crippen LogP contribution is 2.01. The number of unbranched alkanes of at least 4 members (excludes halogenated alkanes) is 3. The van der Waals surface area contributed by atoms with Gasteiger partial charge in [0.05, 0.1) is 0 Å². The Balaban J connectivity index is -0.000000278. The molecule has 0 saturated carbocycles. The topological polar surface area (TPSA) is 24.1 Å². The van der Waals surface area contributed by atoms with Crippen LogP contribution in [0.15, 0.2) is 24.4 Å². The SMILES string of the molecule is C=C(C)CCCC.C=C(C)NCCCC.CCCCNC(C)(C)C. The van der Waals surface area contributed by atoms with Crippen LogP contribution in [0.4, 0.5) is 0 Å². The lowest BCUT2D eigenvalue weighted by Gasteiger charge is -2.19. The second-order valence-electron chi connectivity index (χ2n) is 7.65. The monoisotopic (exact) mass is 340 g/mol. The Labute approximate surface area is 154 Å². The van der Waals surface area contributed by atoms with Gasteiger partial charge in [0.25, 0.3) is 0 Å². The van der Waals surface area contributed by atoms with Crippen molar-refractivity contribution in [2.75, 3.05) is 13.1 Å². The zero-order chi connectivity index (χ0) is 19.4. The van der Waals surface area contributed by atoms with Crippen LogP contribution in [-0.2, 0) is 0 Å². The first-order valence-electron chi connectivity index (χ1n) is 9.89. The van der Waals surface area contributed by atoms with Crippen molar-refractivity contribution >= 4 is 0 Å². The summed E-state index contributed by atoms with van der Waals surface area (Å²) in [7, 11) is 0. The lowest BCUT2D eigenvalue weighted by molar-refractivity contribution is 0.421. The van der Waals surface area contributed by atoms with Crippen molar-refractivity contribution in [1.82, 2.24) is 10.6 Å². The molecule has 0 aliphatic rings. The molecule has 146 valence electrons. The fraction of sp³-hybridized carbons (Fsp3) is 0.818. The zero-order valence-electron chi connectivity index (χ0n) is 18.3. The quantitative estimate of drug-likeness (QED) is 0.336. The van der Waals surface area contributed by atoms with E-state index in [2.05, 4.69) is 72.3 Å². The Hall–Kier alpha value is -0.760. The van der Waals surface area contributed by atoms with Crippen molar-refractivity contribution in [2.24, 2.45) is 0 Å². The lowest BCUT2D eigenvalue weighted by atomic mass is 10.1. The van der Waals surface area contributed by atoms with Gasteiger partial charge in [0, 0.05) is 17.8 Å². The Morgan fingerprint density at radius 3 is 1.54 bits per heavy atom. The van der Waals surface area contributed by atoms with Gasteiger partial charge < -0.3 is 10.6 Å². The highest BCUT2D eigenvalue weighted by molar-refractivity contribution is 4.86. The fourth-order valence-electron chi connectivity index (χ4n) is 1.60. The number of hydrogen-bond acceptors (Lipinski definition) is 2. The summed E-state index contributed by atoms with van der Waals surface area (Å²) in [6, 6.07) is 0. The van der Waals surface area contributed by atoms with Crippen LogP contribution in [0.1, 0.15) is 100 Å². The molecule has 0 aliphatic carbocycles. The predicted molar refractivity (Wildman–Crippen MR) is 115 cm³/mol. The highest BCUT2D eigenvalue weighted by Gasteiger charge is 2.05. The van der Waals surface area contributed by atoms with Crippen LogP contribution in [0.25, 0.3) is 0 Å². The summed E-state index contributed by atoms with van der Waals surface area (Å²) in [5, 5.41) is 6.57. The van der Waals surface area contributed by atoms with E-state index in [4.69, 9.17) is 0 Å². The summed E-state index contributed by atoms with van der Waals surface area (Å²) >= 11 is 0. The Morgan fingerprint density at radius 1 is 0.792 bits per heavy atom. The number of rotatable bonds is 10. The maximum atomic E-state index is 3.79. The first-order valence-corrected chi connectivity index (χ1v) is 9.89. The third-order valence-electron chi connectivity index (χ3n) is 3.10. The van der Waals surface area contributed by atoms with Crippen LogP contribution in [0.3, 0.4) is 0 Å². The predicted octanol–water partition coefficient (Wildman–Crippen LogP) is 6.84. The van der Waals surface area contributed by atoms with Gasteiger partial charge in [-0.25, -0.2) is 0 Å². The van der Waals surface area contributed by atoms with Gasteiger partial charge in [-0.3, -0.25) is 0 Å². The van der Waals surface area contributed by atoms with E-state index in [9.17, 15) is 0 Å². The second kappa shape index (κ2) is 20.3. The van der Waals surface area contributed by atoms with E-state index in [1.165, 1.54) is 50.5 Å². The molecule has 2 nitrogen and oxygen atoms in total. The van der Waals surface area contributed by atoms with Crippen molar-refractivity contribution in [3.63, 3.8) is 0 Å². The summed E-state index contributed by atoms with van der Waals surface area (Å²) < 4.78 is 0. The maximum absolute atomic E-state index is 3.79. The molecule has 0 unspecified atom stereocenters. The van der Waals surface area contributed by atoms with E-state index in [1.807, 2.05) is 6.92 Å². The average Bonchev–Trinajstić information content (AvgIpc) is 2.45. The summed E-state index contributed by atoms with van der Waals surface area (Å²) in [5.74, 6) is 0. The molecule has 0 saturated heterocycles. The molecule has 0 aromatic rings. The molecule has 0 radical (unpaired) electrons. The van der Waals surface area contributed by atoms with Gasteiger partial charge >= 0.3 is 0 Å².